The first kappa shape index (κ1) is 38.1. The van der Waals surface area contributed by atoms with Gasteiger partial charge in [-0.3, -0.25) is 9.59 Å². The van der Waals surface area contributed by atoms with E-state index in [1.807, 2.05) is 0 Å². The molecule has 242 valence electrons. The molecule has 8 N–H and O–H groups in total. The van der Waals surface area contributed by atoms with Gasteiger partial charge < -0.3 is 79.6 Å². The van der Waals surface area contributed by atoms with Crippen LogP contribution in [0.4, 0.5) is 0 Å². The molecule has 3 heterocycles. The molecule has 0 aromatic heterocycles. The van der Waals surface area contributed by atoms with Crippen LogP contribution in [0.1, 0.15) is 20.8 Å². The Morgan fingerprint density at radius 2 is 1.26 bits per heavy atom. The van der Waals surface area contributed by atoms with Crippen molar-refractivity contribution in [2.75, 3.05) is 20.3 Å². The van der Waals surface area contributed by atoms with Crippen LogP contribution < -0.4 is 45.3 Å². The van der Waals surface area contributed by atoms with Gasteiger partial charge in [-0.05, 0) is 6.92 Å². The van der Waals surface area contributed by atoms with Gasteiger partial charge in [-0.25, -0.2) is 0 Å². The number of carboxylic acid groups (broad SMARTS) is 1. The van der Waals surface area contributed by atoms with E-state index in [9.17, 15) is 50.1 Å². The van der Waals surface area contributed by atoms with Crippen LogP contribution >= 0.6 is 0 Å². The summed E-state index contributed by atoms with van der Waals surface area (Å²) in [4.78, 5) is 35.8. The quantitative estimate of drug-likeness (QED) is 0.104. The van der Waals surface area contributed by atoms with E-state index in [4.69, 9.17) is 28.4 Å². The summed E-state index contributed by atoms with van der Waals surface area (Å²) in [5.74, 6) is -3.06. The molecule has 0 saturated carbocycles. The van der Waals surface area contributed by atoms with Crippen LogP contribution in [-0.4, -0.2) is 161 Å². The average molecular weight is 635 g/mol. The number of carboxylic acids is 1. The number of ether oxygens (including phenoxy) is 6. The predicted molar refractivity (Wildman–Crippen MR) is 131 cm³/mol. The Kier molecular flexibility index (Phi) is 14.6. The van der Waals surface area contributed by atoms with Crippen LogP contribution in [0.3, 0.4) is 0 Å². The van der Waals surface area contributed by atoms with E-state index in [1.54, 1.807) is 0 Å². The molecule has 0 spiro atoms. The third-order valence-corrected chi connectivity index (χ3v) is 7.37. The number of rotatable bonds is 10. The molecule has 2 amide bonds. The van der Waals surface area contributed by atoms with Crippen molar-refractivity contribution in [2.24, 2.45) is 0 Å². The van der Waals surface area contributed by atoms with Gasteiger partial charge in [-0.2, -0.15) is 0 Å². The summed E-state index contributed by atoms with van der Waals surface area (Å²) < 4.78 is 33.1. The second-order valence-corrected chi connectivity index (χ2v) is 10.3. The molecule has 15 unspecified atom stereocenters. The van der Waals surface area contributed by atoms with E-state index < -0.39 is 123 Å². The zero-order valence-electron chi connectivity index (χ0n) is 24.3. The molecular formula is C24H39N2NaO16. The maximum absolute atomic E-state index is 12.1. The fourth-order valence-electron chi connectivity index (χ4n) is 5.34. The summed E-state index contributed by atoms with van der Waals surface area (Å²) in [7, 11) is 1.20. The van der Waals surface area contributed by atoms with Gasteiger partial charge in [0.2, 0.25) is 11.8 Å². The topological polar surface area (TPSA) is 275 Å². The van der Waals surface area contributed by atoms with Crippen molar-refractivity contribution in [1.29, 1.82) is 0 Å². The van der Waals surface area contributed by atoms with Crippen LogP contribution in [-0.2, 0) is 42.8 Å². The van der Waals surface area contributed by atoms with Crippen molar-refractivity contribution in [2.45, 2.75) is 113 Å². The fourth-order valence-corrected chi connectivity index (χ4v) is 5.34. The van der Waals surface area contributed by atoms with Crippen molar-refractivity contribution >= 4 is 17.8 Å². The van der Waals surface area contributed by atoms with Crippen LogP contribution in [0.15, 0.2) is 0 Å². The third-order valence-electron chi connectivity index (χ3n) is 7.37. The Labute approximate surface area is 268 Å². The number of carbonyl (C=O) groups excluding carboxylic acids is 3. The summed E-state index contributed by atoms with van der Waals surface area (Å²) in [6, 6.07) is -2.33. The third kappa shape index (κ3) is 8.60. The first-order chi connectivity index (χ1) is 19.7. The maximum atomic E-state index is 12.1. The first-order valence-corrected chi connectivity index (χ1v) is 13.2. The second kappa shape index (κ2) is 16.5. The Balaban J connectivity index is 0.00000645. The minimum atomic E-state index is -2.14. The van der Waals surface area contributed by atoms with E-state index in [2.05, 4.69) is 10.6 Å². The van der Waals surface area contributed by atoms with Crippen molar-refractivity contribution < 1.29 is 108 Å². The molecule has 43 heavy (non-hydrogen) atoms. The zero-order chi connectivity index (χ0) is 31.5. The largest absolute Gasteiger partial charge is 1.00 e. The minimum absolute atomic E-state index is 0. The van der Waals surface area contributed by atoms with Gasteiger partial charge in [0.1, 0.15) is 67.1 Å². The first-order valence-electron chi connectivity index (χ1n) is 13.2. The number of methoxy groups -OCH3 is 1. The van der Waals surface area contributed by atoms with Crippen molar-refractivity contribution in [3.8, 4) is 0 Å². The number of amides is 2. The van der Waals surface area contributed by atoms with E-state index in [0.717, 1.165) is 6.92 Å². The predicted octanol–water partition coefficient (Wildman–Crippen LogP) is -9.80. The summed E-state index contributed by atoms with van der Waals surface area (Å²) in [6.45, 7) is 2.48. The molecule has 0 aromatic rings. The molecule has 3 fully saturated rings. The van der Waals surface area contributed by atoms with Gasteiger partial charge in [0.15, 0.2) is 12.6 Å². The van der Waals surface area contributed by atoms with Crippen molar-refractivity contribution in [1.82, 2.24) is 10.6 Å². The standard InChI is InChI=1S/C24H40N2O16.Na/c1-7-12(25-8(2)29)19(15(32)10(5-27)38-7)40-24-17(34)16(33)20(21(42-24)22(35)36)41-23-13(26-9(3)30)18(37-4)14(31)11(6-28)39-23;/h7,10-21,23-24,27-28,31-34H,5-6H2,1-4H3,(H,25,29)(H,26,30)(H,35,36);/q;+1/p-1. The zero-order valence-corrected chi connectivity index (χ0v) is 26.3. The second-order valence-electron chi connectivity index (χ2n) is 10.3. The summed E-state index contributed by atoms with van der Waals surface area (Å²) in [5.41, 5.74) is 0. The maximum Gasteiger partial charge on any atom is 1.00 e. The molecule has 3 aliphatic heterocycles. The van der Waals surface area contributed by atoms with Gasteiger partial charge in [-0.1, -0.05) is 0 Å². The molecular weight excluding hydrogens is 595 g/mol. The Morgan fingerprint density at radius 1 is 0.744 bits per heavy atom. The molecule has 15 atom stereocenters. The van der Waals surface area contributed by atoms with Gasteiger partial charge >= 0.3 is 29.6 Å². The van der Waals surface area contributed by atoms with E-state index >= 15 is 0 Å². The van der Waals surface area contributed by atoms with E-state index in [0.29, 0.717) is 0 Å². The number of aliphatic hydroxyl groups is 6. The van der Waals surface area contributed by atoms with Gasteiger partial charge in [0.05, 0.1) is 31.3 Å². The molecule has 0 bridgehead atoms. The van der Waals surface area contributed by atoms with Gasteiger partial charge in [0.25, 0.3) is 0 Å². The van der Waals surface area contributed by atoms with Crippen LogP contribution in [0.2, 0.25) is 0 Å². The SMILES string of the molecule is COC1C(O)C(CO)OC(OC2C(C(=O)[O-])OC(OC3C(O)C(CO)OC(C)C3NC(C)=O)C(O)C2O)C1NC(C)=O.[Na+]. The molecule has 0 aromatic carbocycles. The summed E-state index contributed by atoms with van der Waals surface area (Å²) in [6.07, 6.45) is -20.7. The fraction of sp³-hybridized carbons (Fsp3) is 0.875. The van der Waals surface area contributed by atoms with Crippen molar-refractivity contribution in [3.05, 3.63) is 0 Å². The number of carbonyl (C=O) groups is 3. The number of aliphatic hydroxyl groups excluding tert-OH is 6. The van der Waals surface area contributed by atoms with E-state index in [-0.39, 0.29) is 29.6 Å². The normalized spacial score (nSPS) is 43.3. The van der Waals surface area contributed by atoms with Crippen LogP contribution in [0.5, 0.6) is 0 Å². The Morgan fingerprint density at radius 3 is 1.77 bits per heavy atom. The van der Waals surface area contributed by atoms with Crippen LogP contribution in [0.25, 0.3) is 0 Å². The Hall–Kier alpha value is -1.07. The molecule has 18 nitrogen and oxygen atoms in total. The smallest absolute Gasteiger partial charge is 0.547 e. The van der Waals surface area contributed by atoms with Gasteiger partial charge in [-0.15, -0.1) is 0 Å². The molecule has 0 radical (unpaired) electrons. The molecule has 19 heteroatoms. The number of hydrogen-bond acceptors (Lipinski definition) is 16. The minimum Gasteiger partial charge on any atom is -0.547 e. The average Bonchev–Trinajstić information content (AvgIpc) is 2.92. The van der Waals surface area contributed by atoms with Gasteiger partial charge in [0, 0.05) is 21.0 Å². The molecule has 3 saturated heterocycles. The molecule has 3 aliphatic rings. The molecule has 3 rings (SSSR count). The Bertz CT molecular complexity index is 949. The monoisotopic (exact) mass is 634 g/mol. The summed E-state index contributed by atoms with van der Waals surface area (Å²) >= 11 is 0. The number of nitrogens with one attached hydrogen (secondary N) is 2. The van der Waals surface area contributed by atoms with Crippen LogP contribution in [0, 0.1) is 0 Å². The van der Waals surface area contributed by atoms with E-state index in [1.165, 1.54) is 21.0 Å². The van der Waals surface area contributed by atoms with Crippen molar-refractivity contribution in [3.63, 3.8) is 0 Å². The number of hydrogen-bond donors (Lipinski definition) is 8. The number of aliphatic carboxylic acids is 1. The molecule has 0 aliphatic carbocycles. The summed E-state index contributed by atoms with van der Waals surface area (Å²) in [5, 5.41) is 79.5.